The SMILES string of the molecule is O=[N+]([O-])c1cc(I)ccc1NCC1Cc2ccccc2O1. The second-order valence-corrected chi connectivity index (χ2v) is 6.10. The maximum Gasteiger partial charge on any atom is 0.293 e. The van der Waals surface area contributed by atoms with Crippen LogP contribution in [0.15, 0.2) is 42.5 Å². The number of fused-ring (bicyclic) bond motifs is 1. The summed E-state index contributed by atoms with van der Waals surface area (Å²) in [7, 11) is 0. The number of nitrogens with zero attached hydrogens (tertiary/aromatic N) is 1. The van der Waals surface area contributed by atoms with E-state index in [0.717, 1.165) is 15.7 Å². The van der Waals surface area contributed by atoms with Gasteiger partial charge in [0, 0.05) is 16.1 Å². The van der Waals surface area contributed by atoms with E-state index in [4.69, 9.17) is 4.74 Å². The van der Waals surface area contributed by atoms with E-state index in [-0.39, 0.29) is 16.7 Å². The van der Waals surface area contributed by atoms with Gasteiger partial charge in [-0.15, -0.1) is 0 Å². The molecule has 1 atom stereocenters. The number of nitrogens with one attached hydrogen (secondary N) is 1. The molecule has 2 aromatic rings. The fourth-order valence-electron chi connectivity index (χ4n) is 2.40. The van der Waals surface area contributed by atoms with Gasteiger partial charge in [0.25, 0.3) is 5.69 Å². The zero-order valence-electron chi connectivity index (χ0n) is 11.1. The standard InChI is InChI=1S/C15H13IN2O3/c16-11-5-6-13(14(8-11)18(19)20)17-9-12-7-10-3-1-2-4-15(10)21-12/h1-6,8,12,17H,7,9H2. The first-order chi connectivity index (χ1) is 10.1. The van der Waals surface area contributed by atoms with Gasteiger partial charge in [0.15, 0.2) is 0 Å². The average molecular weight is 396 g/mol. The lowest BCUT2D eigenvalue weighted by molar-refractivity contribution is -0.384. The summed E-state index contributed by atoms with van der Waals surface area (Å²) in [5, 5.41) is 14.2. The number of nitro groups is 1. The van der Waals surface area contributed by atoms with Crippen LogP contribution >= 0.6 is 22.6 Å². The summed E-state index contributed by atoms with van der Waals surface area (Å²) in [5.74, 6) is 0.904. The fraction of sp³-hybridized carbons (Fsp3) is 0.200. The van der Waals surface area contributed by atoms with Crippen molar-refractivity contribution in [1.82, 2.24) is 0 Å². The van der Waals surface area contributed by atoms with E-state index in [9.17, 15) is 10.1 Å². The van der Waals surface area contributed by atoms with Crippen LogP contribution in [-0.4, -0.2) is 17.6 Å². The zero-order valence-corrected chi connectivity index (χ0v) is 13.2. The van der Waals surface area contributed by atoms with Gasteiger partial charge in [0.05, 0.1) is 11.5 Å². The smallest absolute Gasteiger partial charge is 0.293 e. The van der Waals surface area contributed by atoms with Crippen molar-refractivity contribution in [2.45, 2.75) is 12.5 Å². The third-order valence-corrected chi connectivity index (χ3v) is 4.06. The van der Waals surface area contributed by atoms with Crippen LogP contribution in [0.3, 0.4) is 0 Å². The summed E-state index contributed by atoms with van der Waals surface area (Å²) >= 11 is 2.07. The minimum atomic E-state index is -0.366. The van der Waals surface area contributed by atoms with Gasteiger partial charge >= 0.3 is 0 Å². The Balaban J connectivity index is 1.68. The van der Waals surface area contributed by atoms with Crippen LogP contribution in [0, 0.1) is 13.7 Å². The van der Waals surface area contributed by atoms with E-state index in [1.54, 1.807) is 12.1 Å². The fourth-order valence-corrected chi connectivity index (χ4v) is 2.87. The summed E-state index contributed by atoms with van der Waals surface area (Å²) < 4.78 is 6.66. The van der Waals surface area contributed by atoms with Gasteiger partial charge in [-0.2, -0.15) is 0 Å². The van der Waals surface area contributed by atoms with Crippen LogP contribution in [0.2, 0.25) is 0 Å². The molecule has 1 aliphatic rings. The molecule has 0 radical (unpaired) electrons. The second kappa shape index (κ2) is 5.88. The summed E-state index contributed by atoms with van der Waals surface area (Å²) in [6.07, 6.45) is 0.822. The molecule has 21 heavy (non-hydrogen) atoms. The molecule has 6 heteroatoms. The molecular weight excluding hydrogens is 383 g/mol. The maximum atomic E-state index is 11.1. The minimum Gasteiger partial charge on any atom is -0.488 e. The number of benzene rings is 2. The van der Waals surface area contributed by atoms with Crippen molar-refractivity contribution in [3.05, 3.63) is 61.7 Å². The first-order valence-corrected chi connectivity index (χ1v) is 7.64. The predicted molar refractivity (Wildman–Crippen MR) is 88.9 cm³/mol. The van der Waals surface area contributed by atoms with Gasteiger partial charge in [-0.3, -0.25) is 10.1 Å². The number of para-hydroxylation sites is 1. The third-order valence-electron chi connectivity index (χ3n) is 3.39. The molecule has 1 unspecified atom stereocenters. The van der Waals surface area contributed by atoms with Gasteiger partial charge in [-0.1, -0.05) is 18.2 Å². The highest BCUT2D eigenvalue weighted by atomic mass is 127. The Kier molecular flexibility index (Phi) is 3.96. The molecule has 1 heterocycles. The first-order valence-electron chi connectivity index (χ1n) is 6.56. The molecule has 0 amide bonds. The van der Waals surface area contributed by atoms with E-state index >= 15 is 0 Å². The van der Waals surface area contributed by atoms with Gasteiger partial charge in [0.2, 0.25) is 0 Å². The Morgan fingerprint density at radius 2 is 2.14 bits per heavy atom. The number of hydrogen-bond donors (Lipinski definition) is 1. The molecule has 5 nitrogen and oxygen atoms in total. The molecule has 0 bridgehead atoms. The highest BCUT2D eigenvalue weighted by molar-refractivity contribution is 14.1. The number of hydrogen-bond acceptors (Lipinski definition) is 4. The van der Waals surface area contributed by atoms with E-state index in [0.29, 0.717) is 12.2 Å². The van der Waals surface area contributed by atoms with Gasteiger partial charge in [-0.25, -0.2) is 0 Å². The molecule has 1 N–H and O–H groups in total. The van der Waals surface area contributed by atoms with E-state index in [1.165, 1.54) is 5.56 Å². The normalized spacial score (nSPS) is 16.1. The van der Waals surface area contributed by atoms with Crippen molar-refractivity contribution in [3.63, 3.8) is 0 Å². The topological polar surface area (TPSA) is 64.4 Å². The van der Waals surface area contributed by atoms with E-state index < -0.39 is 0 Å². The first kappa shape index (κ1) is 14.1. The molecule has 0 saturated heterocycles. The molecule has 0 spiro atoms. The summed E-state index contributed by atoms with van der Waals surface area (Å²) in [6, 6.07) is 13.1. The third kappa shape index (κ3) is 3.10. The largest absolute Gasteiger partial charge is 0.488 e. The Morgan fingerprint density at radius 3 is 2.90 bits per heavy atom. The van der Waals surface area contributed by atoms with Crippen LogP contribution < -0.4 is 10.1 Å². The summed E-state index contributed by atoms with van der Waals surface area (Å²) in [5.41, 5.74) is 1.80. The molecule has 0 aliphatic carbocycles. The average Bonchev–Trinajstić information content (AvgIpc) is 2.88. The number of anilines is 1. The molecule has 1 aliphatic heterocycles. The maximum absolute atomic E-state index is 11.1. The van der Waals surface area contributed by atoms with Crippen molar-refractivity contribution in [3.8, 4) is 5.75 Å². The molecular formula is C15H13IN2O3. The van der Waals surface area contributed by atoms with Crippen molar-refractivity contribution in [1.29, 1.82) is 0 Å². The predicted octanol–water partition coefficient (Wildman–Crippen LogP) is 3.62. The number of ether oxygens (including phenoxy) is 1. The Hall–Kier alpha value is -1.83. The molecule has 0 aromatic heterocycles. The van der Waals surface area contributed by atoms with Gasteiger partial charge in [-0.05, 0) is 46.4 Å². The molecule has 0 fully saturated rings. The van der Waals surface area contributed by atoms with E-state index in [2.05, 4.69) is 27.9 Å². The van der Waals surface area contributed by atoms with Crippen molar-refractivity contribution < 1.29 is 9.66 Å². The minimum absolute atomic E-state index is 0.00119. The second-order valence-electron chi connectivity index (χ2n) is 4.85. The number of halogens is 1. The van der Waals surface area contributed by atoms with Crippen molar-refractivity contribution in [2.75, 3.05) is 11.9 Å². The molecule has 2 aromatic carbocycles. The van der Waals surface area contributed by atoms with E-state index in [1.807, 2.05) is 30.3 Å². The van der Waals surface area contributed by atoms with Crippen LogP contribution in [0.1, 0.15) is 5.56 Å². The lowest BCUT2D eigenvalue weighted by atomic mass is 10.1. The molecule has 0 saturated carbocycles. The monoisotopic (exact) mass is 396 g/mol. The quantitative estimate of drug-likeness (QED) is 0.487. The lowest BCUT2D eigenvalue weighted by Crippen LogP contribution is -2.24. The summed E-state index contributed by atoms with van der Waals surface area (Å²) in [4.78, 5) is 10.7. The Labute approximate surface area is 135 Å². The van der Waals surface area contributed by atoms with Crippen LogP contribution in [-0.2, 0) is 6.42 Å². The molecule has 3 rings (SSSR count). The van der Waals surface area contributed by atoms with Crippen molar-refractivity contribution in [2.24, 2.45) is 0 Å². The Morgan fingerprint density at radius 1 is 1.33 bits per heavy atom. The highest BCUT2D eigenvalue weighted by Gasteiger charge is 2.23. The Bertz CT molecular complexity index is 665. The van der Waals surface area contributed by atoms with Gasteiger partial charge in [0.1, 0.15) is 17.5 Å². The number of nitro benzene ring substituents is 1. The van der Waals surface area contributed by atoms with Gasteiger partial charge < -0.3 is 10.1 Å². The number of rotatable bonds is 4. The van der Waals surface area contributed by atoms with Crippen molar-refractivity contribution >= 4 is 34.0 Å². The van der Waals surface area contributed by atoms with Crippen LogP contribution in [0.25, 0.3) is 0 Å². The molecule has 108 valence electrons. The highest BCUT2D eigenvalue weighted by Crippen LogP contribution is 2.30. The van der Waals surface area contributed by atoms with Crippen LogP contribution in [0.4, 0.5) is 11.4 Å². The summed E-state index contributed by atoms with van der Waals surface area (Å²) in [6.45, 7) is 0.538. The zero-order chi connectivity index (χ0) is 14.8. The van der Waals surface area contributed by atoms with Crippen LogP contribution in [0.5, 0.6) is 5.75 Å². The lowest BCUT2D eigenvalue weighted by Gasteiger charge is -2.13.